The van der Waals surface area contributed by atoms with Crippen molar-refractivity contribution in [3.63, 3.8) is 0 Å². The Morgan fingerprint density at radius 2 is 1.40 bits per heavy atom. The molecule has 0 aliphatic carbocycles. The molecule has 20 heteroatoms. The Bertz CT molecular complexity index is 1280. The number of aromatic nitrogens is 2. The van der Waals surface area contributed by atoms with Crippen molar-refractivity contribution in [2.24, 2.45) is 0 Å². The van der Waals surface area contributed by atoms with Gasteiger partial charge in [0.25, 0.3) is 0 Å². The van der Waals surface area contributed by atoms with E-state index >= 15 is 0 Å². The van der Waals surface area contributed by atoms with E-state index in [0.717, 1.165) is 10.7 Å². The number of hydrogen-bond acceptors (Lipinski definition) is 14. The highest BCUT2D eigenvalue weighted by molar-refractivity contribution is 7.53. The lowest BCUT2D eigenvalue weighted by Crippen LogP contribution is -2.34. The largest absolute Gasteiger partial charge is 0.443 e. The lowest BCUT2D eigenvalue weighted by molar-refractivity contribution is -0.0143. The first-order valence-electron chi connectivity index (χ1n) is 14.7. The Balaban J connectivity index is 1.28. The van der Waals surface area contributed by atoms with E-state index in [4.69, 9.17) is 45.7 Å². The van der Waals surface area contributed by atoms with Gasteiger partial charge in [0.05, 0.1) is 42.7 Å². The quantitative estimate of drug-likeness (QED) is 0.258. The molecule has 4 heterocycles. The second kappa shape index (κ2) is 14.7. The van der Waals surface area contributed by atoms with Crippen LogP contribution >= 0.6 is 22.9 Å². The van der Waals surface area contributed by atoms with Crippen molar-refractivity contribution in [2.75, 3.05) is 59.9 Å². The van der Waals surface area contributed by atoms with Crippen molar-refractivity contribution in [2.45, 2.75) is 55.9 Å². The van der Waals surface area contributed by atoms with E-state index in [1.807, 2.05) is 0 Å². The molecule has 17 nitrogen and oxygen atoms in total. The summed E-state index contributed by atoms with van der Waals surface area (Å²) in [6, 6.07) is 0. The number of hydrogen-bond donors (Lipinski definition) is 2. The molecule has 3 aliphatic rings. The normalized spacial score (nSPS) is 38.5. The molecule has 3 saturated heterocycles. The molecule has 2 N–H and O–H groups in total. The molecule has 42 heavy (non-hydrogen) atoms. The van der Waals surface area contributed by atoms with Crippen molar-refractivity contribution in [1.29, 1.82) is 0 Å². The minimum atomic E-state index is -4.29. The van der Waals surface area contributed by atoms with Crippen LogP contribution in [0, 0.1) is 0 Å². The molecule has 0 saturated carbocycles. The lowest BCUT2D eigenvalue weighted by Gasteiger charge is -2.27. The minimum Gasteiger partial charge on any atom is -0.443 e. The fourth-order valence-electron chi connectivity index (χ4n) is 4.13. The molecule has 240 valence electrons. The number of rotatable bonds is 15. The maximum absolute atomic E-state index is 13.2. The average Bonchev–Trinajstić information content (AvgIpc) is 3.73. The zero-order chi connectivity index (χ0) is 33.0. The Labute approximate surface area is 247 Å². The van der Waals surface area contributed by atoms with Crippen LogP contribution in [0.25, 0.3) is 0 Å². The Hall–Kier alpha value is -1.19. The van der Waals surface area contributed by atoms with Gasteiger partial charge in [0, 0.05) is 65.2 Å². The van der Waals surface area contributed by atoms with E-state index in [0.29, 0.717) is 0 Å². The molecule has 6 unspecified atom stereocenters. The summed E-state index contributed by atoms with van der Waals surface area (Å²) in [6.07, 6.45) is -2.57. The number of amides is 1. The molecule has 0 radical (unpaired) electrons. The third-order valence-corrected chi connectivity index (χ3v) is 10.1. The molecule has 0 aromatic carbocycles. The first kappa shape index (κ1) is 29.5. The zero-order valence-electron chi connectivity index (χ0n) is 26.2. The topological polar surface area (TPSA) is 201 Å². The van der Waals surface area contributed by atoms with Gasteiger partial charge in [-0.2, -0.15) is 0 Å². The smallest absolute Gasteiger partial charge is 0.437 e. The number of carbonyl (C=O) groups excluding carboxylic acids is 1. The van der Waals surface area contributed by atoms with Crippen LogP contribution in [-0.4, -0.2) is 117 Å². The van der Waals surface area contributed by atoms with Gasteiger partial charge in [-0.3, -0.25) is 13.7 Å². The molecule has 1 aromatic rings. The summed E-state index contributed by atoms with van der Waals surface area (Å²) in [6.45, 7) is -1.85. The van der Waals surface area contributed by atoms with Crippen LogP contribution in [0.4, 0.5) is 4.79 Å². The van der Waals surface area contributed by atoms with Crippen LogP contribution < -0.4 is 5.32 Å². The number of ether oxygens (including phenoxy) is 4. The number of nitrogens with zero attached hydrogens (tertiary/aromatic N) is 2. The number of carbonyl (C=O) groups is 1. The van der Waals surface area contributed by atoms with Gasteiger partial charge < -0.3 is 47.3 Å². The number of alkyl carbamates (subject to hydrolysis) is 1. The van der Waals surface area contributed by atoms with Gasteiger partial charge in [0.2, 0.25) is 0 Å². The third-order valence-electron chi connectivity index (χ3n) is 6.29. The summed E-state index contributed by atoms with van der Waals surface area (Å²) in [5, 5.41) is 2.31. The van der Waals surface area contributed by atoms with Crippen LogP contribution in [-0.2, 0) is 55.3 Å². The first-order valence-corrected chi connectivity index (χ1v) is 18.5. The molecular weight excluding hydrogens is 623 g/mol. The second-order valence-corrected chi connectivity index (χ2v) is 15.3. The number of nitrogens with one attached hydrogen (secondary N) is 1. The minimum absolute atomic E-state index is 0.00421. The average molecular weight is 667 g/mol. The summed E-state index contributed by atoms with van der Waals surface area (Å²) in [7, 11) is -10.6. The standard InChI is InChI=1S/C22H38N3O14P3/c1-23-22(26)37-16-4-9-31-19(16)12-34-40(2,27)38-17-5-10-32-20(17)13-35-41(3,28)39-18-6-11-33-21(18)14-36-42(29,30)25-8-7-24-15-25/h7-8,15-21H,4-6,9-14H2,1-3H3,(H,23,26)(H,29,30)/t16?,17?,18?,19-,20-,21-,40?,41?/m1/s1/i9T,10T,11T/t9-,10-,11-,16?,17?,18?,19+,20+,21+,40?,41?/m0. The molecular formula is C22H38N3O14P3. The van der Waals surface area contributed by atoms with Crippen LogP contribution in [0.1, 0.15) is 23.4 Å². The van der Waals surface area contributed by atoms with E-state index in [1.165, 1.54) is 32.8 Å². The predicted molar refractivity (Wildman–Crippen MR) is 145 cm³/mol. The Morgan fingerprint density at radius 3 is 1.88 bits per heavy atom. The second-order valence-electron chi connectivity index (χ2n) is 9.58. The highest BCUT2D eigenvalue weighted by Gasteiger charge is 2.40. The molecule has 3 fully saturated rings. The maximum atomic E-state index is 13.2. The van der Waals surface area contributed by atoms with Gasteiger partial charge in [0.1, 0.15) is 30.7 Å². The highest BCUT2D eigenvalue weighted by Crippen LogP contribution is 2.51. The van der Waals surface area contributed by atoms with Crippen molar-refractivity contribution in [3.05, 3.63) is 18.7 Å². The molecule has 0 bridgehead atoms. The third kappa shape index (κ3) is 9.65. The molecule has 12 atom stereocenters. The Morgan fingerprint density at radius 1 is 0.929 bits per heavy atom. The van der Waals surface area contributed by atoms with E-state index in [-0.39, 0.29) is 32.5 Å². The molecule has 0 spiro atoms. The first-order chi connectivity index (χ1) is 21.1. The highest BCUT2D eigenvalue weighted by atomic mass is 31.2. The van der Waals surface area contributed by atoms with Crippen molar-refractivity contribution < 1.29 is 69.1 Å². The lowest BCUT2D eigenvalue weighted by atomic mass is 10.2. The molecule has 1 amide bonds. The van der Waals surface area contributed by atoms with Crippen LogP contribution in [0.15, 0.2) is 18.7 Å². The summed E-state index contributed by atoms with van der Waals surface area (Å²) in [5.41, 5.74) is 0. The summed E-state index contributed by atoms with van der Waals surface area (Å²) in [5.74, 6) is 0. The number of imidazole rings is 1. The van der Waals surface area contributed by atoms with Crippen molar-refractivity contribution in [1.82, 2.24) is 14.6 Å². The SMILES string of the molecule is [3H][C@H]1CC(OC(=O)NC)[C@@H](COP(C)(=O)OC2C[C@H]([3H])O[C@@H]2COP(C)(=O)OC2C[C@H]([3H])O[C@@H]2COP(=O)(O)n2ccnc2)O1. The molecule has 3 aliphatic heterocycles. The van der Waals surface area contributed by atoms with Crippen molar-refractivity contribution >= 4 is 29.0 Å². The summed E-state index contributed by atoms with van der Waals surface area (Å²) < 4.78 is 112. The molecule has 1 aromatic heterocycles. The maximum Gasteiger partial charge on any atom is 0.437 e. The van der Waals surface area contributed by atoms with Crippen LogP contribution in [0.3, 0.4) is 0 Å². The summed E-state index contributed by atoms with van der Waals surface area (Å²) >= 11 is 0. The fraction of sp³-hybridized carbons (Fsp3) is 0.818. The van der Waals surface area contributed by atoms with Gasteiger partial charge in [0.15, 0.2) is 0 Å². The monoisotopic (exact) mass is 667 g/mol. The Kier molecular flexibility index (Phi) is 10.3. The summed E-state index contributed by atoms with van der Waals surface area (Å²) in [4.78, 5) is 25.4. The van der Waals surface area contributed by atoms with Gasteiger partial charge in [-0.05, 0) is 0 Å². The van der Waals surface area contributed by atoms with Crippen molar-refractivity contribution in [3.8, 4) is 0 Å². The zero-order valence-corrected chi connectivity index (χ0v) is 25.8. The van der Waals surface area contributed by atoms with Gasteiger partial charge in [-0.15, -0.1) is 0 Å². The van der Waals surface area contributed by atoms with Gasteiger partial charge >= 0.3 is 29.0 Å². The van der Waals surface area contributed by atoms with E-state index in [2.05, 4.69) is 10.3 Å². The molecule has 4 rings (SSSR count). The van der Waals surface area contributed by atoms with Gasteiger partial charge in [-0.1, -0.05) is 0 Å². The fourth-order valence-corrected chi connectivity index (χ4v) is 7.41. The van der Waals surface area contributed by atoms with E-state index < -0.39 is 92.0 Å². The van der Waals surface area contributed by atoms with Gasteiger partial charge in [-0.25, -0.2) is 18.7 Å². The van der Waals surface area contributed by atoms with Crippen LogP contribution in [0.5, 0.6) is 0 Å². The predicted octanol–water partition coefficient (Wildman–Crippen LogP) is 2.39. The van der Waals surface area contributed by atoms with E-state index in [9.17, 15) is 23.4 Å². The van der Waals surface area contributed by atoms with E-state index in [1.54, 1.807) is 0 Å². The van der Waals surface area contributed by atoms with Crippen LogP contribution in [0.2, 0.25) is 0 Å².